The zero-order valence-corrected chi connectivity index (χ0v) is 16.4. The van der Waals surface area contributed by atoms with Crippen molar-refractivity contribution in [1.29, 1.82) is 0 Å². The lowest BCUT2D eigenvalue weighted by Gasteiger charge is -2.33. The summed E-state index contributed by atoms with van der Waals surface area (Å²) in [6.45, 7) is 5.69. The molecule has 1 aliphatic rings. The maximum Gasteiger partial charge on any atom is 0.274 e. The lowest BCUT2D eigenvalue weighted by molar-refractivity contribution is 0.0712. The number of carbonyl (C=O) groups excluding carboxylic acids is 1. The van der Waals surface area contributed by atoms with Gasteiger partial charge in [0.1, 0.15) is 5.69 Å². The number of anilines is 1. The van der Waals surface area contributed by atoms with Crippen molar-refractivity contribution >= 4 is 22.5 Å². The van der Waals surface area contributed by atoms with Crippen LogP contribution in [0.4, 0.5) is 5.69 Å². The Kier molecular flexibility index (Phi) is 5.19. The van der Waals surface area contributed by atoms with E-state index in [9.17, 15) is 4.79 Å². The van der Waals surface area contributed by atoms with Gasteiger partial charge in [-0.15, -0.1) is 0 Å². The summed E-state index contributed by atoms with van der Waals surface area (Å²) in [4.78, 5) is 27.3. The van der Waals surface area contributed by atoms with Crippen molar-refractivity contribution in [1.82, 2.24) is 19.9 Å². The highest BCUT2D eigenvalue weighted by Crippen LogP contribution is 2.31. The number of rotatable bonds is 4. The third kappa shape index (κ3) is 3.54. The van der Waals surface area contributed by atoms with Crippen LogP contribution in [-0.4, -0.2) is 44.9 Å². The largest absolute Gasteiger partial charge is 0.381 e. The van der Waals surface area contributed by atoms with Gasteiger partial charge in [-0.3, -0.25) is 14.8 Å². The molecule has 3 heterocycles. The summed E-state index contributed by atoms with van der Waals surface area (Å²) < 4.78 is 0. The predicted molar refractivity (Wildman–Crippen MR) is 110 cm³/mol. The van der Waals surface area contributed by atoms with E-state index in [1.165, 1.54) is 22.8 Å². The summed E-state index contributed by atoms with van der Waals surface area (Å²) in [6, 6.07) is 8.62. The average molecular weight is 375 g/mol. The molecule has 1 fully saturated rings. The molecule has 1 aromatic carbocycles. The molecule has 0 unspecified atom stereocenters. The number of nitrogens with zero attached hydrogens (tertiary/aromatic N) is 4. The maximum absolute atomic E-state index is 12.6. The van der Waals surface area contributed by atoms with Crippen molar-refractivity contribution in [3.63, 3.8) is 0 Å². The number of hydrogen-bond donors (Lipinski definition) is 1. The molecule has 2 aromatic heterocycles. The fourth-order valence-corrected chi connectivity index (χ4v) is 3.97. The minimum atomic E-state index is -0.0361. The van der Waals surface area contributed by atoms with Crippen molar-refractivity contribution in [2.75, 3.05) is 18.4 Å². The Morgan fingerprint density at radius 3 is 2.71 bits per heavy atom. The van der Waals surface area contributed by atoms with Gasteiger partial charge in [0.15, 0.2) is 0 Å². The van der Waals surface area contributed by atoms with E-state index in [1.807, 2.05) is 11.0 Å². The van der Waals surface area contributed by atoms with E-state index in [0.717, 1.165) is 43.6 Å². The number of para-hydroxylation sites is 1. The highest BCUT2D eigenvalue weighted by molar-refractivity contribution is 5.94. The summed E-state index contributed by atoms with van der Waals surface area (Å²) >= 11 is 0. The van der Waals surface area contributed by atoms with Gasteiger partial charge in [-0.1, -0.05) is 25.1 Å². The van der Waals surface area contributed by atoms with Gasteiger partial charge in [0.05, 0.1) is 11.7 Å². The van der Waals surface area contributed by atoms with Gasteiger partial charge >= 0.3 is 0 Å². The number of benzene rings is 1. The van der Waals surface area contributed by atoms with Crippen LogP contribution in [0.2, 0.25) is 0 Å². The first-order valence-electron chi connectivity index (χ1n) is 9.87. The molecular weight excluding hydrogens is 350 g/mol. The second-order valence-electron chi connectivity index (χ2n) is 7.22. The molecule has 0 spiro atoms. The third-order valence-corrected chi connectivity index (χ3v) is 5.47. The first kappa shape index (κ1) is 18.3. The lowest BCUT2D eigenvalue weighted by atomic mass is 10.00. The van der Waals surface area contributed by atoms with Crippen molar-refractivity contribution in [3.05, 3.63) is 59.8 Å². The van der Waals surface area contributed by atoms with E-state index < -0.39 is 0 Å². The second-order valence-corrected chi connectivity index (χ2v) is 7.22. The molecule has 1 aliphatic heterocycles. The van der Waals surface area contributed by atoms with Gasteiger partial charge in [-0.25, -0.2) is 4.98 Å². The summed E-state index contributed by atoms with van der Waals surface area (Å²) in [5.74, 6) is -0.0361. The van der Waals surface area contributed by atoms with Crippen LogP contribution in [0.3, 0.4) is 0 Å². The number of pyridine rings is 1. The third-order valence-electron chi connectivity index (χ3n) is 5.47. The Hall–Kier alpha value is -3.02. The predicted octanol–water partition coefficient (Wildman–Crippen LogP) is 3.61. The van der Waals surface area contributed by atoms with E-state index >= 15 is 0 Å². The molecule has 1 amide bonds. The zero-order valence-electron chi connectivity index (χ0n) is 16.4. The molecule has 0 saturated carbocycles. The summed E-state index contributed by atoms with van der Waals surface area (Å²) in [5.41, 5.74) is 4.99. The van der Waals surface area contributed by atoms with E-state index in [2.05, 4.69) is 47.3 Å². The number of hydrogen-bond acceptors (Lipinski definition) is 5. The SMILES string of the molecule is CCc1c(C)nc2ccccc2c1NC1CCN(C(=O)c2cnccn2)CC1. The smallest absolute Gasteiger partial charge is 0.274 e. The molecule has 0 aliphatic carbocycles. The molecule has 144 valence electrons. The summed E-state index contributed by atoms with van der Waals surface area (Å²) in [7, 11) is 0. The Balaban J connectivity index is 1.50. The van der Waals surface area contributed by atoms with Crippen LogP contribution in [0.25, 0.3) is 10.9 Å². The van der Waals surface area contributed by atoms with E-state index in [1.54, 1.807) is 12.4 Å². The molecule has 4 rings (SSSR count). The van der Waals surface area contributed by atoms with Gasteiger partial charge < -0.3 is 10.2 Å². The molecule has 0 bridgehead atoms. The van der Waals surface area contributed by atoms with Crippen molar-refractivity contribution in [2.24, 2.45) is 0 Å². The van der Waals surface area contributed by atoms with Crippen molar-refractivity contribution in [3.8, 4) is 0 Å². The van der Waals surface area contributed by atoms with Crippen molar-refractivity contribution < 1.29 is 4.79 Å². The molecule has 6 heteroatoms. The van der Waals surface area contributed by atoms with Crippen LogP contribution in [0, 0.1) is 6.92 Å². The number of aryl methyl sites for hydroxylation is 1. The van der Waals surface area contributed by atoms with Crippen molar-refractivity contribution in [2.45, 2.75) is 39.2 Å². The van der Waals surface area contributed by atoms with Crippen LogP contribution in [-0.2, 0) is 6.42 Å². The number of carbonyl (C=O) groups is 1. The molecular formula is C22H25N5O. The lowest BCUT2D eigenvalue weighted by Crippen LogP contribution is -2.42. The second kappa shape index (κ2) is 7.92. The first-order chi connectivity index (χ1) is 13.7. The molecule has 6 nitrogen and oxygen atoms in total. The fraction of sp³-hybridized carbons (Fsp3) is 0.364. The van der Waals surface area contributed by atoms with E-state index in [4.69, 9.17) is 4.98 Å². The molecule has 1 N–H and O–H groups in total. The number of piperidine rings is 1. The maximum atomic E-state index is 12.6. The standard InChI is InChI=1S/C22H25N5O/c1-3-17-15(2)25-19-7-5-4-6-18(19)21(17)26-16-8-12-27(13-9-16)22(28)20-14-23-10-11-24-20/h4-7,10-11,14,16H,3,8-9,12-13H2,1-2H3,(H,25,26). The minimum Gasteiger partial charge on any atom is -0.381 e. The molecule has 0 atom stereocenters. The summed E-state index contributed by atoms with van der Waals surface area (Å²) in [6.07, 6.45) is 7.43. The number of aromatic nitrogens is 3. The van der Waals surface area contributed by atoms with E-state index in [-0.39, 0.29) is 5.91 Å². The molecule has 1 saturated heterocycles. The minimum absolute atomic E-state index is 0.0361. The van der Waals surface area contributed by atoms with Crippen LogP contribution in [0.15, 0.2) is 42.9 Å². The Morgan fingerprint density at radius 1 is 1.21 bits per heavy atom. The van der Waals surface area contributed by atoms with Gasteiger partial charge in [0.25, 0.3) is 5.91 Å². The van der Waals surface area contributed by atoms with Crippen LogP contribution < -0.4 is 5.32 Å². The number of amides is 1. The zero-order chi connectivity index (χ0) is 19.5. The monoisotopic (exact) mass is 375 g/mol. The summed E-state index contributed by atoms with van der Waals surface area (Å²) in [5, 5.41) is 4.95. The fourth-order valence-electron chi connectivity index (χ4n) is 3.97. The Bertz CT molecular complexity index is 981. The molecule has 28 heavy (non-hydrogen) atoms. The first-order valence-corrected chi connectivity index (χ1v) is 9.87. The molecule has 3 aromatic rings. The van der Waals surface area contributed by atoms with Gasteiger partial charge in [0.2, 0.25) is 0 Å². The number of fused-ring (bicyclic) bond motifs is 1. The Labute approximate surface area is 165 Å². The van der Waals surface area contributed by atoms with Gasteiger partial charge in [-0.05, 0) is 37.8 Å². The van der Waals surface area contributed by atoms with Crippen LogP contribution in [0.5, 0.6) is 0 Å². The highest BCUT2D eigenvalue weighted by atomic mass is 16.2. The highest BCUT2D eigenvalue weighted by Gasteiger charge is 2.25. The normalized spacial score (nSPS) is 15.0. The van der Waals surface area contributed by atoms with Crippen LogP contribution in [0.1, 0.15) is 41.5 Å². The van der Waals surface area contributed by atoms with E-state index in [0.29, 0.717) is 11.7 Å². The van der Waals surface area contributed by atoms with Gasteiger partial charge in [-0.2, -0.15) is 0 Å². The number of likely N-dealkylation sites (tertiary alicyclic amines) is 1. The molecule has 0 radical (unpaired) electrons. The topological polar surface area (TPSA) is 71.0 Å². The number of nitrogens with one attached hydrogen (secondary N) is 1. The average Bonchev–Trinajstić information content (AvgIpc) is 2.74. The van der Waals surface area contributed by atoms with Crippen LogP contribution >= 0.6 is 0 Å². The van der Waals surface area contributed by atoms with Gasteiger partial charge in [0, 0.05) is 48.3 Å². The Morgan fingerprint density at radius 2 is 2.00 bits per heavy atom. The quantitative estimate of drug-likeness (QED) is 0.754.